The average Bonchev–Trinajstić information content (AvgIpc) is 3.34. The molecule has 4 rings (SSSR count). The van der Waals surface area contributed by atoms with E-state index in [-0.39, 0.29) is 11.8 Å². The van der Waals surface area contributed by atoms with Crippen molar-refractivity contribution in [3.8, 4) is 17.1 Å². The van der Waals surface area contributed by atoms with Crippen molar-refractivity contribution >= 4 is 40.9 Å². The number of hydrogen-bond donors (Lipinski definition) is 1. The zero-order chi connectivity index (χ0) is 24.6. The van der Waals surface area contributed by atoms with E-state index in [1.54, 1.807) is 18.9 Å². The molecule has 186 valence electrons. The molecule has 0 aliphatic carbocycles. The molecule has 0 bridgehead atoms. The van der Waals surface area contributed by atoms with Crippen LogP contribution in [0, 0.1) is 5.92 Å². The van der Waals surface area contributed by atoms with Crippen molar-refractivity contribution in [1.29, 1.82) is 0 Å². The van der Waals surface area contributed by atoms with Crippen LogP contribution in [0.15, 0.2) is 47.0 Å². The summed E-state index contributed by atoms with van der Waals surface area (Å²) in [7, 11) is 1.63. The summed E-state index contributed by atoms with van der Waals surface area (Å²) in [6.45, 7) is 2.76. The number of piperidine rings is 1. The van der Waals surface area contributed by atoms with Crippen molar-refractivity contribution in [1.82, 2.24) is 20.4 Å². The molecule has 1 unspecified atom stereocenters. The van der Waals surface area contributed by atoms with E-state index in [4.69, 9.17) is 32.5 Å². The van der Waals surface area contributed by atoms with E-state index >= 15 is 0 Å². The molecule has 0 saturated carbocycles. The summed E-state index contributed by atoms with van der Waals surface area (Å²) < 4.78 is 10.7. The highest BCUT2D eigenvalue weighted by atomic mass is 35.5. The summed E-state index contributed by atoms with van der Waals surface area (Å²) in [6, 6.07) is 13.2. The molecule has 1 amide bonds. The van der Waals surface area contributed by atoms with Gasteiger partial charge in [-0.25, -0.2) is 0 Å². The summed E-state index contributed by atoms with van der Waals surface area (Å²) in [5.41, 5.74) is 1.99. The molecule has 1 saturated heterocycles. The number of hydrogen-bond acceptors (Lipinski definition) is 7. The van der Waals surface area contributed by atoms with Gasteiger partial charge < -0.3 is 14.6 Å². The van der Waals surface area contributed by atoms with Crippen LogP contribution in [0.4, 0.5) is 0 Å². The zero-order valence-electron chi connectivity index (χ0n) is 19.5. The quantitative estimate of drug-likeness (QED) is 0.352. The lowest BCUT2D eigenvalue weighted by molar-refractivity contribution is -0.126. The monoisotopic (exact) mass is 534 g/mol. The van der Waals surface area contributed by atoms with E-state index in [2.05, 4.69) is 20.4 Å². The molecule has 3 aromatic rings. The molecule has 7 nitrogen and oxygen atoms in total. The van der Waals surface area contributed by atoms with Crippen LogP contribution < -0.4 is 10.1 Å². The maximum Gasteiger partial charge on any atom is 0.241 e. The van der Waals surface area contributed by atoms with E-state index in [1.807, 2.05) is 42.5 Å². The summed E-state index contributed by atoms with van der Waals surface area (Å²) in [4.78, 5) is 19.4. The number of rotatable bonds is 10. The van der Waals surface area contributed by atoms with Crippen LogP contribution in [-0.2, 0) is 17.1 Å². The molecule has 1 N–H and O–H groups in total. The number of thioether (sulfide) groups is 1. The third kappa shape index (κ3) is 7.36. The molecule has 1 aliphatic heterocycles. The van der Waals surface area contributed by atoms with Crippen LogP contribution in [0.1, 0.15) is 24.3 Å². The number of aromatic nitrogens is 2. The Kier molecular flexibility index (Phi) is 9.31. The van der Waals surface area contributed by atoms with Crippen LogP contribution in [0.5, 0.6) is 5.75 Å². The summed E-state index contributed by atoms with van der Waals surface area (Å²) in [6.07, 6.45) is 1.85. The summed E-state index contributed by atoms with van der Waals surface area (Å²) in [5.74, 6) is 3.61. The van der Waals surface area contributed by atoms with Gasteiger partial charge in [-0.05, 0) is 61.3 Å². The first-order valence-corrected chi connectivity index (χ1v) is 13.4. The highest BCUT2D eigenvalue weighted by Gasteiger charge is 2.26. The van der Waals surface area contributed by atoms with E-state index < -0.39 is 0 Å². The summed E-state index contributed by atoms with van der Waals surface area (Å²) in [5, 5.41) is 8.31. The number of nitrogens with one attached hydrogen (secondary N) is 1. The predicted octanol–water partition coefficient (Wildman–Crippen LogP) is 5.31. The molecule has 35 heavy (non-hydrogen) atoms. The van der Waals surface area contributed by atoms with E-state index in [9.17, 15) is 4.79 Å². The number of carbonyl (C=O) groups excluding carboxylic acids is 1. The summed E-state index contributed by atoms with van der Waals surface area (Å²) >= 11 is 13.8. The lowest BCUT2D eigenvalue weighted by atomic mass is 9.97. The predicted molar refractivity (Wildman–Crippen MR) is 140 cm³/mol. The first-order chi connectivity index (χ1) is 17.0. The number of nitrogens with zero attached hydrogens (tertiary/aromatic N) is 3. The van der Waals surface area contributed by atoms with Gasteiger partial charge in [-0.1, -0.05) is 34.4 Å². The normalized spacial score (nSPS) is 16.3. The number of benzene rings is 2. The first kappa shape index (κ1) is 25.8. The number of likely N-dealkylation sites (tertiary alicyclic amines) is 1. The van der Waals surface area contributed by atoms with Gasteiger partial charge in [-0.15, -0.1) is 0 Å². The van der Waals surface area contributed by atoms with Crippen molar-refractivity contribution < 1.29 is 14.1 Å². The second-order valence-electron chi connectivity index (χ2n) is 8.41. The topological polar surface area (TPSA) is 80.5 Å². The van der Waals surface area contributed by atoms with Crippen molar-refractivity contribution in [2.45, 2.75) is 25.1 Å². The van der Waals surface area contributed by atoms with Crippen LogP contribution in [0.2, 0.25) is 10.0 Å². The van der Waals surface area contributed by atoms with Crippen LogP contribution >= 0.6 is 35.0 Å². The number of amides is 1. The van der Waals surface area contributed by atoms with E-state index in [0.717, 1.165) is 47.8 Å². The third-order valence-electron chi connectivity index (χ3n) is 5.85. The maximum absolute atomic E-state index is 12.7. The molecule has 1 aliphatic rings. The Morgan fingerprint density at radius 3 is 2.83 bits per heavy atom. The lowest BCUT2D eigenvalue weighted by Crippen LogP contribution is -2.43. The number of methoxy groups -OCH3 is 1. The molecule has 2 aromatic carbocycles. The second kappa shape index (κ2) is 12.6. The standard InChI is InChI=1S/C25H28Cl2N4O3S/c1-33-20-7-5-18(6-8-20)24-29-23(34-30-24)15-31-11-2-3-19(14-31)25(32)28-10-12-35-16-17-4-9-21(26)22(27)13-17/h4-9,13,19H,2-3,10-12,14-16H2,1H3,(H,28,32). The van der Waals surface area contributed by atoms with E-state index in [0.29, 0.717) is 41.4 Å². The van der Waals surface area contributed by atoms with Gasteiger partial charge in [0.25, 0.3) is 0 Å². The Morgan fingerprint density at radius 2 is 2.06 bits per heavy atom. The largest absolute Gasteiger partial charge is 0.497 e. The van der Waals surface area contributed by atoms with Crippen LogP contribution in [0.3, 0.4) is 0 Å². The highest BCUT2D eigenvalue weighted by molar-refractivity contribution is 7.98. The van der Waals surface area contributed by atoms with Gasteiger partial charge in [-0.3, -0.25) is 9.69 Å². The van der Waals surface area contributed by atoms with Gasteiger partial charge in [-0.2, -0.15) is 16.7 Å². The van der Waals surface area contributed by atoms with Crippen LogP contribution in [-0.4, -0.2) is 53.4 Å². The molecule has 1 fully saturated rings. The fourth-order valence-electron chi connectivity index (χ4n) is 3.99. The van der Waals surface area contributed by atoms with Crippen molar-refractivity contribution in [2.75, 3.05) is 32.5 Å². The van der Waals surface area contributed by atoms with Gasteiger partial charge in [0.2, 0.25) is 17.6 Å². The van der Waals surface area contributed by atoms with Gasteiger partial charge in [0.1, 0.15) is 5.75 Å². The first-order valence-electron chi connectivity index (χ1n) is 11.5. The maximum atomic E-state index is 12.7. The molecule has 2 heterocycles. The van der Waals surface area contributed by atoms with Gasteiger partial charge in [0.15, 0.2) is 0 Å². The molecule has 0 radical (unpaired) electrons. The average molecular weight is 535 g/mol. The fraction of sp³-hybridized carbons (Fsp3) is 0.400. The third-order valence-corrected chi connectivity index (χ3v) is 7.62. The Balaban J connectivity index is 1.19. The number of carbonyl (C=O) groups is 1. The van der Waals surface area contributed by atoms with Crippen molar-refractivity contribution in [3.05, 3.63) is 64.0 Å². The lowest BCUT2D eigenvalue weighted by Gasteiger charge is -2.30. The van der Waals surface area contributed by atoms with Crippen molar-refractivity contribution in [2.24, 2.45) is 5.92 Å². The smallest absolute Gasteiger partial charge is 0.241 e. The molecule has 10 heteroatoms. The molecule has 0 spiro atoms. The highest BCUT2D eigenvalue weighted by Crippen LogP contribution is 2.25. The number of ether oxygens (including phenoxy) is 1. The second-order valence-corrected chi connectivity index (χ2v) is 10.3. The molecule has 1 atom stereocenters. The Hall–Kier alpha value is -2.26. The molecule has 1 aromatic heterocycles. The molecular formula is C25H28Cl2N4O3S. The Bertz CT molecular complexity index is 1130. The number of halogens is 2. The Morgan fingerprint density at radius 1 is 1.23 bits per heavy atom. The van der Waals surface area contributed by atoms with Crippen molar-refractivity contribution in [3.63, 3.8) is 0 Å². The zero-order valence-corrected chi connectivity index (χ0v) is 21.8. The van der Waals surface area contributed by atoms with Crippen LogP contribution in [0.25, 0.3) is 11.4 Å². The van der Waals surface area contributed by atoms with Gasteiger partial charge >= 0.3 is 0 Å². The molecular weight excluding hydrogens is 507 g/mol. The Labute approximate surface area is 219 Å². The van der Waals surface area contributed by atoms with Gasteiger partial charge in [0, 0.05) is 30.2 Å². The van der Waals surface area contributed by atoms with Gasteiger partial charge in [0.05, 0.1) is 29.6 Å². The minimum absolute atomic E-state index is 0.0344. The SMILES string of the molecule is COc1ccc(-c2noc(CN3CCCC(C(=O)NCCSCc4ccc(Cl)c(Cl)c4)C3)n2)cc1. The minimum Gasteiger partial charge on any atom is -0.497 e. The minimum atomic E-state index is -0.0344. The van der Waals surface area contributed by atoms with E-state index in [1.165, 1.54) is 0 Å². The fourth-order valence-corrected chi connectivity index (χ4v) is 5.12.